The van der Waals surface area contributed by atoms with Gasteiger partial charge in [-0.3, -0.25) is 0 Å². The molecule has 3 aromatic rings. The van der Waals surface area contributed by atoms with E-state index in [1.807, 2.05) is 0 Å². The average Bonchev–Trinajstić information content (AvgIpc) is 2.86. The maximum absolute atomic E-state index is 2.36. The van der Waals surface area contributed by atoms with Crippen LogP contribution in [0.5, 0.6) is 0 Å². The zero-order chi connectivity index (χ0) is 14.4. The predicted octanol–water partition coefficient (Wildman–Crippen LogP) is 3.34. The van der Waals surface area contributed by atoms with Crippen LogP contribution < -0.4 is 10.9 Å². The number of aryl methyl sites for hydroxylation is 2. The summed E-state index contributed by atoms with van der Waals surface area (Å²) in [6.45, 7) is 4.42. The zero-order valence-corrected chi connectivity index (χ0v) is 12.5. The first kappa shape index (κ1) is 12.5. The fourth-order valence-electron chi connectivity index (χ4n) is 3.48. The van der Waals surface area contributed by atoms with Gasteiger partial charge in [0.15, 0.2) is 7.28 Å². The first-order chi connectivity index (χ1) is 10.2. The Kier molecular flexibility index (Phi) is 2.75. The van der Waals surface area contributed by atoms with Gasteiger partial charge in [0.05, 0.1) is 0 Å². The summed E-state index contributed by atoms with van der Waals surface area (Å²) >= 11 is 0. The summed E-state index contributed by atoms with van der Waals surface area (Å²) in [5.41, 5.74) is 11.2. The topological polar surface area (TPSA) is 0 Å². The van der Waals surface area contributed by atoms with E-state index in [-0.39, 0.29) is 0 Å². The van der Waals surface area contributed by atoms with E-state index in [0.717, 1.165) is 7.28 Å². The first-order valence-electron chi connectivity index (χ1n) is 7.51. The van der Waals surface area contributed by atoms with Crippen LogP contribution in [0.25, 0.3) is 22.3 Å². The van der Waals surface area contributed by atoms with Crippen LogP contribution in [0, 0.1) is 13.8 Å². The fourth-order valence-corrected chi connectivity index (χ4v) is 3.48. The highest BCUT2D eigenvalue weighted by Gasteiger charge is 2.21. The van der Waals surface area contributed by atoms with E-state index >= 15 is 0 Å². The Bertz CT molecular complexity index is 832. The molecule has 0 unspecified atom stereocenters. The van der Waals surface area contributed by atoms with Crippen LogP contribution >= 0.6 is 0 Å². The van der Waals surface area contributed by atoms with Crippen LogP contribution in [0.1, 0.15) is 11.1 Å². The Morgan fingerprint density at radius 2 is 1.52 bits per heavy atom. The molecule has 1 aliphatic heterocycles. The van der Waals surface area contributed by atoms with Crippen molar-refractivity contribution in [1.82, 2.24) is 0 Å². The Labute approximate surface area is 126 Å². The van der Waals surface area contributed by atoms with Crippen molar-refractivity contribution in [3.8, 4) is 22.3 Å². The van der Waals surface area contributed by atoms with Crippen molar-refractivity contribution in [2.75, 3.05) is 0 Å². The van der Waals surface area contributed by atoms with E-state index in [9.17, 15) is 0 Å². The van der Waals surface area contributed by atoms with Crippen molar-refractivity contribution in [2.45, 2.75) is 13.8 Å². The van der Waals surface area contributed by atoms with Gasteiger partial charge < -0.3 is 0 Å². The predicted molar refractivity (Wildman–Crippen MR) is 93.2 cm³/mol. The molecule has 1 aliphatic rings. The summed E-state index contributed by atoms with van der Waals surface area (Å²) in [4.78, 5) is 0. The molecule has 3 aromatic carbocycles. The van der Waals surface area contributed by atoms with Crippen molar-refractivity contribution in [1.29, 1.82) is 0 Å². The van der Waals surface area contributed by atoms with Gasteiger partial charge in [0.2, 0.25) is 0 Å². The van der Waals surface area contributed by atoms with Crippen molar-refractivity contribution in [3.05, 3.63) is 71.8 Å². The zero-order valence-electron chi connectivity index (χ0n) is 12.5. The number of benzene rings is 3. The molecular weight excluding hydrogens is 251 g/mol. The number of hydrogen-bond acceptors (Lipinski definition) is 0. The lowest BCUT2D eigenvalue weighted by molar-refractivity contribution is 1.41. The van der Waals surface area contributed by atoms with Gasteiger partial charge in [0.1, 0.15) is 0 Å². The van der Waals surface area contributed by atoms with Gasteiger partial charge in [-0.05, 0) is 36.1 Å². The van der Waals surface area contributed by atoms with E-state index in [1.165, 1.54) is 44.3 Å². The second kappa shape index (κ2) is 4.63. The van der Waals surface area contributed by atoms with Crippen LogP contribution in [-0.4, -0.2) is 7.28 Å². The summed E-state index contributed by atoms with van der Waals surface area (Å²) < 4.78 is 0. The maximum atomic E-state index is 2.36. The Balaban J connectivity index is 1.85. The molecule has 0 fully saturated rings. The largest absolute Gasteiger partial charge is 0.194 e. The van der Waals surface area contributed by atoms with Gasteiger partial charge in [-0.15, -0.1) is 0 Å². The van der Waals surface area contributed by atoms with Gasteiger partial charge in [0.25, 0.3) is 0 Å². The summed E-state index contributed by atoms with van der Waals surface area (Å²) in [5.74, 6) is 0. The Morgan fingerprint density at radius 1 is 0.714 bits per heavy atom. The van der Waals surface area contributed by atoms with E-state index in [2.05, 4.69) is 74.5 Å². The summed E-state index contributed by atoms with van der Waals surface area (Å²) in [6, 6.07) is 22.2. The maximum Gasteiger partial charge on any atom is 0.194 e. The van der Waals surface area contributed by atoms with Gasteiger partial charge in [-0.1, -0.05) is 82.7 Å². The van der Waals surface area contributed by atoms with Crippen molar-refractivity contribution >= 4 is 18.2 Å². The third kappa shape index (κ3) is 2.01. The molecule has 0 aromatic heterocycles. The molecular formula is C20H17B. The van der Waals surface area contributed by atoms with E-state index in [0.29, 0.717) is 0 Å². The van der Waals surface area contributed by atoms with Gasteiger partial charge in [-0.2, -0.15) is 0 Å². The average molecular weight is 268 g/mol. The number of rotatable bonds is 1. The Morgan fingerprint density at radius 3 is 2.33 bits per heavy atom. The molecule has 100 valence electrons. The van der Waals surface area contributed by atoms with E-state index < -0.39 is 0 Å². The molecule has 0 nitrogen and oxygen atoms in total. The van der Waals surface area contributed by atoms with E-state index in [1.54, 1.807) is 0 Å². The SMILES string of the molecule is Cc1cc(C)c2c(c1)-c1ccc(-c3ccccc3)cc1B2. The minimum atomic E-state index is 1.07. The van der Waals surface area contributed by atoms with Crippen LogP contribution in [-0.2, 0) is 0 Å². The normalized spacial score (nSPS) is 11.7. The summed E-state index contributed by atoms with van der Waals surface area (Å²) in [6.07, 6.45) is 0. The monoisotopic (exact) mass is 268 g/mol. The lowest BCUT2D eigenvalue weighted by Gasteiger charge is -2.07. The molecule has 0 N–H and O–H groups in total. The number of hydrogen-bond donors (Lipinski definition) is 0. The number of fused-ring (bicyclic) bond motifs is 3. The lowest BCUT2D eigenvalue weighted by atomic mass is 9.66. The lowest BCUT2D eigenvalue weighted by Crippen LogP contribution is -2.23. The van der Waals surface area contributed by atoms with Crippen molar-refractivity contribution in [2.24, 2.45) is 0 Å². The standard InChI is InChI=1S/C20H17B/c1-13-10-14(2)20-18(11-13)17-9-8-16(12-19(17)21-20)15-6-4-3-5-7-15/h3-12,21H,1-2H3. The molecule has 21 heavy (non-hydrogen) atoms. The third-order valence-corrected chi connectivity index (χ3v) is 4.49. The van der Waals surface area contributed by atoms with Gasteiger partial charge in [0, 0.05) is 0 Å². The Hall–Kier alpha value is -2.28. The molecule has 0 saturated heterocycles. The van der Waals surface area contributed by atoms with Crippen LogP contribution in [0.2, 0.25) is 0 Å². The fraction of sp³-hybridized carbons (Fsp3) is 0.100. The molecule has 0 atom stereocenters. The van der Waals surface area contributed by atoms with Crippen LogP contribution in [0.3, 0.4) is 0 Å². The highest BCUT2D eigenvalue weighted by Crippen LogP contribution is 2.26. The molecule has 0 saturated carbocycles. The van der Waals surface area contributed by atoms with Crippen LogP contribution in [0.4, 0.5) is 0 Å². The highest BCUT2D eigenvalue weighted by molar-refractivity contribution is 6.73. The quantitative estimate of drug-likeness (QED) is 0.464. The first-order valence-corrected chi connectivity index (χ1v) is 7.51. The van der Waals surface area contributed by atoms with Gasteiger partial charge >= 0.3 is 0 Å². The molecule has 0 spiro atoms. The summed E-state index contributed by atoms with van der Waals surface area (Å²) in [7, 11) is 1.07. The van der Waals surface area contributed by atoms with E-state index in [4.69, 9.17) is 0 Å². The van der Waals surface area contributed by atoms with Crippen molar-refractivity contribution in [3.63, 3.8) is 0 Å². The van der Waals surface area contributed by atoms with Crippen LogP contribution in [0.15, 0.2) is 60.7 Å². The highest BCUT2D eigenvalue weighted by atomic mass is 14.2. The minimum Gasteiger partial charge on any atom is -0.0702 e. The van der Waals surface area contributed by atoms with Gasteiger partial charge in [-0.25, -0.2) is 0 Å². The minimum absolute atomic E-state index is 1.07. The molecule has 1 heteroatoms. The smallest absolute Gasteiger partial charge is 0.0702 e. The molecule has 0 radical (unpaired) electrons. The molecule has 0 amide bonds. The molecule has 0 bridgehead atoms. The molecule has 4 rings (SSSR count). The molecule has 1 heterocycles. The van der Waals surface area contributed by atoms with Crippen molar-refractivity contribution < 1.29 is 0 Å². The second-order valence-corrected chi connectivity index (χ2v) is 6.02. The second-order valence-electron chi connectivity index (χ2n) is 6.02. The third-order valence-electron chi connectivity index (χ3n) is 4.49. The summed E-state index contributed by atoms with van der Waals surface area (Å²) in [5, 5.41) is 0. The molecule has 0 aliphatic carbocycles.